The van der Waals surface area contributed by atoms with Gasteiger partial charge in [0, 0.05) is 39.3 Å². The molecule has 1 aromatic carbocycles. The van der Waals surface area contributed by atoms with E-state index < -0.39 is 5.82 Å². The molecule has 1 aromatic heterocycles. The summed E-state index contributed by atoms with van der Waals surface area (Å²) in [4.78, 5) is 4.29. The number of piperazine rings is 1. The van der Waals surface area contributed by atoms with Crippen molar-refractivity contribution in [1.82, 2.24) is 20.1 Å². The van der Waals surface area contributed by atoms with E-state index in [1.54, 1.807) is 0 Å². The zero-order chi connectivity index (χ0) is 19.4. The molecule has 3 N–H and O–H groups in total. The molecule has 9 nitrogen and oxygen atoms in total. The number of amidine groups is 1. The largest absolute Gasteiger partial charge is 0.395 e. The first-order valence-electron chi connectivity index (χ1n) is 8.39. The molecule has 0 amide bonds. The highest BCUT2D eigenvalue weighted by Gasteiger charge is 2.24. The maximum atomic E-state index is 13.3. The van der Waals surface area contributed by atoms with Gasteiger partial charge in [-0.15, -0.1) is 0 Å². The van der Waals surface area contributed by atoms with Crippen molar-refractivity contribution >= 4 is 23.1 Å². The van der Waals surface area contributed by atoms with Crippen LogP contribution in [0.3, 0.4) is 0 Å². The van der Waals surface area contributed by atoms with E-state index in [1.165, 1.54) is 12.1 Å². The normalized spacial score (nSPS) is 15.9. The molecule has 11 heteroatoms. The molecule has 2 heterocycles. The predicted octanol–water partition coefficient (Wildman–Crippen LogP) is 1.19. The Labute approximate surface area is 160 Å². The van der Waals surface area contributed by atoms with E-state index >= 15 is 0 Å². The minimum atomic E-state index is -0.621. The standard InChI is InChI=1S/C16H20ClFN6O3/c17-12-9-11(1-2-13(12)18)24(26)16(19)15-14(20-27-21-15)10-23-5-3-22(4-6-23)7-8-25/h1-2,9,19,25-26H,3-8,10H2. The second-order valence-electron chi connectivity index (χ2n) is 6.16. The van der Waals surface area contributed by atoms with Crippen molar-refractivity contribution < 1.29 is 19.3 Å². The molecule has 146 valence electrons. The first kappa shape index (κ1) is 19.6. The highest BCUT2D eigenvalue weighted by Crippen LogP contribution is 2.23. The maximum Gasteiger partial charge on any atom is 0.182 e. The molecule has 1 fully saturated rings. The van der Waals surface area contributed by atoms with Crippen LogP contribution in [0.1, 0.15) is 11.4 Å². The molecule has 0 unspecified atom stereocenters. The van der Waals surface area contributed by atoms with Crippen LogP contribution in [-0.2, 0) is 6.54 Å². The molecular formula is C16H20ClFN6O3. The Balaban J connectivity index is 1.67. The number of rotatable bonds is 6. The van der Waals surface area contributed by atoms with Crippen molar-refractivity contribution in [2.24, 2.45) is 0 Å². The van der Waals surface area contributed by atoms with E-state index in [0.29, 0.717) is 23.8 Å². The molecule has 27 heavy (non-hydrogen) atoms. The second kappa shape index (κ2) is 8.72. The van der Waals surface area contributed by atoms with Crippen LogP contribution in [0.5, 0.6) is 0 Å². The molecule has 3 rings (SSSR count). The average molecular weight is 399 g/mol. The summed E-state index contributed by atoms with van der Waals surface area (Å²) in [7, 11) is 0. The summed E-state index contributed by atoms with van der Waals surface area (Å²) in [6, 6.07) is 3.60. The summed E-state index contributed by atoms with van der Waals surface area (Å²) in [6.07, 6.45) is 0. The van der Waals surface area contributed by atoms with Gasteiger partial charge in [0.15, 0.2) is 11.5 Å². The lowest BCUT2D eigenvalue weighted by atomic mass is 10.2. The second-order valence-corrected chi connectivity index (χ2v) is 6.57. The van der Waals surface area contributed by atoms with E-state index in [4.69, 9.17) is 26.7 Å². The van der Waals surface area contributed by atoms with E-state index in [9.17, 15) is 9.60 Å². The van der Waals surface area contributed by atoms with Crippen molar-refractivity contribution in [3.8, 4) is 0 Å². The maximum absolute atomic E-state index is 13.3. The number of aliphatic hydroxyl groups excluding tert-OH is 1. The van der Waals surface area contributed by atoms with Gasteiger partial charge in [0.25, 0.3) is 0 Å². The van der Waals surface area contributed by atoms with Crippen LogP contribution in [-0.4, -0.2) is 75.6 Å². The third-order valence-corrected chi connectivity index (χ3v) is 4.68. The van der Waals surface area contributed by atoms with Gasteiger partial charge in [-0.25, -0.2) is 14.1 Å². The van der Waals surface area contributed by atoms with Gasteiger partial charge < -0.3 is 5.11 Å². The van der Waals surface area contributed by atoms with Crippen molar-refractivity contribution in [2.45, 2.75) is 6.54 Å². The van der Waals surface area contributed by atoms with Gasteiger partial charge >= 0.3 is 0 Å². The van der Waals surface area contributed by atoms with Gasteiger partial charge in [0.1, 0.15) is 11.5 Å². The van der Waals surface area contributed by atoms with Crippen LogP contribution in [0.15, 0.2) is 22.8 Å². The summed E-state index contributed by atoms with van der Waals surface area (Å²) in [5.74, 6) is -0.975. The lowest BCUT2D eigenvalue weighted by molar-refractivity contribution is 0.107. The van der Waals surface area contributed by atoms with Gasteiger partial charge in [0.2, 0.25) is 0 Å². The van der Waals surface area contributed by atoms with E-state index in [0.717, 1.165) is 32.2 Å². The Hall–Kier alpha value is -2.11. The Bertz CT molecular complexity index is 796. The molecule has 0 bridgehead atoms. The van der Waals surface area contributed by atoms with Crippen LogP contribution in [0, 0.1) is 11.2 Å². The summed E-state index contributed by atoms with van der Waals surface area (Å²) >= 11 is 5.73. The van der Waals surface area contributed by atoms with Gasteiger partial charge in [-0.1, -0.05) is 16.8 Å². The zero-order valence-corrected chi connectivity index (χ0v) is 15.2. The monoisotopic (exact) mass is 398 g/mol. The van der Waals surface area contributed by atoms with Crippen molar-refractivity contribution in [3.05, 3.63) is 40.4 Å². The van der Waals surface area contributed by atoms with Crippen LogP contribution in [0.4, 0.5) is 10.1 Å². The molecule has 1 aliphatic heterocycles. The van der Waals surface area contributed by atoms with Crippen molar-refractivity contribution in [2.75, 3.05) is 44.4 Å². The Morgan fingerprint density at radius 3 is 2.63 bits per heavy atom. The minimum Gasteiger partial charge on any atom is -0.395 e. The fourth-order valence-corrected chi connectivity index (χ4v) is 3.04. The summed E-state index contributed by atoms with van der Waals surface area (Å²) < 4.78 is 18.1. The molecule has 2 aromatic rings. The van der Waals surface area contributed by atoms with Crippen LogP contribution < -0.4 is 5.06 Å². The van der Waals surface area contributed by atoms with E-state index in [1.807, 2.05) is 0 Å². The first-order valence-corrected chi connectivity index (χ1v) is 8.77. The number of halogens is 2. The smallest absolute Gasteiger partial charge is 0.182 e. The SMILES string of the molecule is N=C(c1nonc1CN1CCN(CCO)CC1)N(O)c1ccc(F)c(Cl)c1. The first-order chi connectivity index (χ1) is 13.0. The van der Waals surface area contributed by atoms with E-state index in [-0.39, 0.29) is 28.8 Å². The molecule has 0 atom stereocenters. The molecule has 0 saturated carbocycles. The number of aliphatic hydroxyl groups is 1. The zero-order valence-electron chi connectivity index (χ0n) is 14.5. The van der Waals surface area contributed by atoms with Gasteiger partial charge in [-0.2, -0.15) is 0 Å². The highest BCUT2D eigenvalue weighted by atomic mass is 35.5. The third kappa shape index (κ3) is 4.60. The number of nitrogens with one attached hydrogen (secondary N) is 1. The van der Waals surface area contributed by atoms with Gasteiger partial charge in [0.05, 0.1) is 17.3 Å². The molecule has 1 aliphatic rings. The van der Waals surface area contributed by atoms with Gasteiger partial charge in [-0.3, -0.25) is 20.4 Å². The third-order valence-electron chi connectivity index (χ3n) is 4.39. The van der Waals surface area contributed by atoms with Crippen molar-refractivity contribution in [3.63, 3.8) is 0 Å². The number of nitrogens with zero attached hydrogens (tertiary/aromatic N) is 5. The number of benzene rings is 1. The average Bonchev–Trinajstić information content (AvgIpc) is 3.12. The lowest BCUT2D eigenvalue weighted by Crippen LogP contribution is -2.46. The van der Waals surface area contributed by atoms with Crippen LogP contribution >= 0.6 is 11.6 Å². The molecule has 1 saturated heterocycles. The highest BCUT2D eigenvalue weighted by molar-refractivity contribution is 6.31. The quantitative estimate of drug-likeness (QED) is 0.378. The topological polar surface area (TPSA) is 113 Å². The number of hydrogen-bond acceptors (Lipinski definition) is 8. The number of hydrogen-bond donors (Lipinski definition) is 3. The Morgan fingerprint density at radius 1 is 1.26 bits per heavy atom. The molecular weight excluding hydrogens is 379 g/mol. The summed E-state index contributed by atoms with van der Waals surface area (Å²) in [5, 5.41) is 35.4. The van der Waals surface area contributed by atoms with Crippen LogP contribution in [0.25, 0.3) is 0 Å². The Kier molecular flexibility index (Phi) is 6.34. The van der Waals surface area contributed by atoms with Crippen LogP contribution in [0.2, 0.25) is 5.02 Å². The summed E-state index contributed by atoms with van der Waals surface area (Å²) in [5.41, 5.74) is 0.636. The van der Waals surface area contributed by atoms with Crippen molar-refractivity contribution in [1.29, 1.82) is 5.41 Å². The Morgan fingerprint density at radius 2 is 1.96 bits per heavy atom. The number of hydroxylamine groups is 1. The number of aromatic nitrogens is 2. The molecule has 0 spiro atoms. The predicted molar refractivity (Wildman–Crippen MR) is 95.6 cm³/mol. The van der Waals surface area contributed by atoms with Gasteiger partial charge in [-0.05, 0) is 23.4 Å². The lowest BCUT2D eigenvalue weighted by Gasteiger charge is -2.33. The fourth-order valence-electron chi connectivity index (χ4n) is 2.86. The minimum absolute atomic E-state index is 0.0933. The summed E-state index contributed by atoms with van der Waals surface area (Å²) in [6.45, 7) is 4.37. The number of anilines is 1. The van der Waals surface area contributed by atoms with E-state index in [2.05, 4.69) is 20.1 Å². The molecule has 0 aliphatic carbocycles. The fraction of sp³-hybridized carbons (Fsp3) is 0.438. The number of β-amino-alcohol motifs (C(OH)–C–C–N with tert-alkyl or cyclic N) is 1. The molecule has 0 radical (unpaired) electrons.